The zero-order valence-electron chi connectivity index (χ0n) is 17.7. The van der Waals surface area contributed by atoms with Gasteiger partial charge in [-0.2, -0.15) is 5.10 Å². The lowest BCUT2D eigenvalue weighted by Gasteiger charge is -2.16. The number of halogens is 1. The van der Waals surface area contributed by atoms with Gasteiger partial charge in [-0.15, -0.1) is 0 Å². The monoisotopic (exact) mass is 476 g/mol. The van der Waals surface area contributed by atoms with Crippen molar-refractivity contribution in [1.82, 2.24) is 9.78 Å². The molecule has 10 heteroatoms. The fourth-order valence-corrected chi connectivity index (χ4v) is 4.09. The largest absolute Gasteiger partial charge is 0.390 e. The zero-order chi connectivity index (χ0) is 23.5. The predicted octanol–water partition coefficient (Wildman–Crippen LogP) is 3.19. The van der Waals surface area contributed by atoms with Gasteiger partial charge in [-0.3, -0.25) is 9.48 Å². The van der Waals surface area contributed by atoms with Crippen molar-refractivity contribution < 1.29 is 18.3 Å². The number of hydrogen-bond acceptors (Lipinski definition) is 5. The molecule has 0 fully saturated rings. The molecule has 0 radical (unpaired) electrons. The van der Waals surface area contributed by atoms with E-state index < -0.39 is 15.6 Å². The highest BCUT2D eigenvalue weighted by Gasteiger charge is 2.19. The minimum absolute atomic E-state index is 0.0418. The van der Waals surface area contributed by atoms with Gasteiger partial charge in [0.2, 0.25) is 15.9 Å². The van der Waals surface area contributed by atoms with Crippen LogP contribution in [0, 0.1) is 0 Å². The minimum Gasteiger partial charge on any atom is -0.390 e. The number of nitrogens with two attached hydrogens (primary N) is 1. The molecule has 0 bridgehead atoms. The van der Waals surface area contributed by atoms with E-state index in [0.29, 0.717) is 40.4 Å². The Hall–Kier alpha value is -2.72. The maximum absolute atomic E-state index is 12.4. The first-order valence-corrected chi connectivity index (χ1v) is 11.8. The highest BCUT2D eigenvalue weighted by Crippen LogP contribution is 2.29. The normalized spacial score (nSPS) is 12.0. The third-order valence-electron chi connectivity index (χ3n) is 4.78. The lowest BCUT2D eigenvalue weighted by Crippen LogP contribution is -2.21. The van der Waals surface area contributed by atoms with Crippen molar-refractivity contribution in [2.24, 2.45) is 5.14 Å². The number of hydrogen-bond donors (Lipinski definition) is 3. The van der Waals surface area contributed by atoms with Gasteiger partial charge in [-0.05, 0) is 44.0 Å². The van der Waals surface area contributed by atoms with E-state index in [-0.39, 0.29) is 17.2 Å². The molecular formula is C22H25ClN4O4S. The van der Waals surface area contributed by atoms with Gasteiger partial charge in [-0.25, -0.2) is 13.6 Å². The smallest absolute Gasteiger partial charge is 0.238 e. The van der Waals surface area contributed by atoms with Crippen LogP contribution in [-0.4, -0.2) is 34.8 Å². The van der Waals surface area contributed by atoms with Crippen LogP contribution < -0.4 is 10.5 Å². The van der Waals surface area contributed by atoms with Gasteiger partial charge in [0.1, 0.15) is 0 Å². The lowest BCUT2D eigenvalue weighted by atomic mass is 10.1. The molecule has 0 aliphatic carbocycles. The second-order valence-corrected chi connectivity index (χ2v) is 10.1. The SMILES string of the molecule is CC(C)(O)CCn1cc(-c2ccc(NC(=O)Cc3ccccc3Cl)cc2S(N)(=O)=O)cn1. The molecule has 8 nitrogen and oxygen atoms in total. The van der Waals surface area contributed by atoms with Crippen LogP contribution in [0.1, 0.15) is 25.8 Å². The number of carbonyl (C=O) groups excluding carboxylic acids is 1. The fourth-order valence-electron chi connectivity index (χ4n) is 3.11. The molecule has 2 aromatic carbocycles. The summed E-state index contributed by atoms with van der Waals surface area (Å²) in [6.07, 6.45) is 3.74. The summed E-state index contributed by atoms with van der Waals surface area (Å²) < 4.78 is 26.1. The van der Waals surface area contributed by atoms with E-state index in [1.54, 1.807) is 61.1 Å². The Morgan fingerprint density at radius 1 is 1.25 bits per heavy atom. The molecule has 1 aromatic heterocycles. The second kappa shape index (κ2) is 9.41. The molecule has 32 heavy (non-hydrogen) atoms. The van der Waals surface area contributed by atoms with E-state index in [9.17, 15) is 18.3 Å². The fraction of sp³-hybridized carbons (Fsp3) is 0.273. The first kappa shape index (κ1) is 23.9. The summed E-state index contributed by atoms with van der Waals surface area (Å²) in [6.45, 7) is 3.87. The van der Waals surface area contributed by atoms with Gasteiger partial charge in [0.05, 0.1) is 23.1 Å². The summed E-state index contributed by atoms with van der Waals surface area (Å²) in [4.78, 5) is 12.3. The van der Waals surface area contributed by atoms with E-state index in [1.165, 1.54) is 12.3 Å². The minimum atomic E-state index is -4.08. The van der Waals surface area contributed by atoms with Crippen LogP contribution in [-0.2, 0) is 27.8 Å². The molecule has 1 amide bonds. The maximum Gasteiger partial charge on any atom is 0.238 e. The van der Waals surface area contributed by atoms with Gasteiger partial charge >= 0.3 is 0 Å². The molecule has 0 saturated heterocycles. The third-order valence-corrected chi connectivity index (χ3v) is 6.10. The Balaban J connectivity index is 1.83. The molecule has 0 aliphatic heterocycles. The molecule has 0 spiro atoms. The number of nitrogens with zero attached hydrogens (tertiary/aromatic N) is 2. The molecule has 1 heterocycles. The number of rotatable bonds is 8. The predicted molar refractivity (Wildman–Crippen MR) is 124 cm³/mol. The van der Waals surface area contributed by atoms with Crippen LogP contribution in [0.4, 0.5) is 5.69 Å². The molecule has 3 rings (SSSR count). The van der Waals surface area contributed by atoms with Crippen molar-refractivity contribution in [2.75, 3.05) is 5.32 Å². The number of aryl methyl sites for hydroxylation is 1. The number of benzene rings is 2. The lowest BCUT2D eigenvalue weighted by molar-refractivity contribution is -0.115. The average Bonchev–Trinajstić information content (AvgIpc) is 3.16. The van der Waals surface area contributed by atoms with Crippen molar-refractivity contribution in [1.29, 1.82) is 0 Å². The third kappa shape index (κ3) is 6.39. The van der Waals surface area contributed by atoms with E-state index in [4.69, 9.17) is 16.7 Å². The Morgan fingerprint density at radius 3 is 2.62 bits per heavy atom. The Kier molecular flexibility index (Phi) is 7.04. The van der Waals surface area contributed by atoms with Crippen LogP contribution >= 0.6 is 11.6 Å². The van der Waals surface area contributed by atoms with E-state index in [2.05, 4.69) is 10.4 Å². The second-order valence-electron chi connectivity index (χ2n) is 8.13. The van der Waals surface area contributed by atoms with E-state index in [1.807, 2.05) is 0 Å². The van der Waals surface area contributed by atoms with Gasteiger partial charge in [-0.1, -0.05) is 35.9 Å². The van der Waals surface area contributed by atoms with Gasteiger partial charge in [0.15, 0.2) is 0 Å². The van der Waals surface area contributed by atoms with Crippen LogP contribution in [0.3, 0.4) is 0 Å². The van der Waals surface area contributed by atoms with E-state index >= 15 is 0 Å². The number of nitrogens with one attached hydrogen (secondary N) is 1. The number of amides is 1. The molecule has 0 atom stereocenters. The maximum atomic E-state index is 12.4. The molecule has 4 N–H and O–H groups in total. The molecule has 0 saturated carbocycles. The van der Waals surface area contributed by atoms with E-state index in [0.717, 1.165) is 0 Å². The van der Waals surface area contributed by atoms with Crippen molar-refractivity contribution in [3.8, 4) is 11.1 Å². The first-order valence-electron chi connectivity index (χ1n) is 9.88. The molecule has 0 aliphatic rings. The van der Waals surface area contributed by atoms with Crippen LogP contribution in [0.2, 0.25) is 5.02 Å². The Bertz CT molecular complexity index is 1230. The highest BCUT2D eigenvalue weighted by atomic mass is 35.5. The summed E-state index contributed by atoms with van der Waals surface area (Å²) >= 11 is 6.10. The quantitative estimate of drug-likeness (QED) is 0.460. The zero-order valence-corrected chi connectivity index (χ0v) is 19.3. The van der Waals surface area contributed by atoms with Gasteiger partial charge < -0.3 is 10.4 Å². The summed E-state index contributed by atoms with van der Waals surface area (Å²) in [5.74, 6) is -0.342. The Morgan fingerprint density at radius 2 is 1.97 bits per heavy atom. The first-order chi connectivity index (χ1) is 14.9. The number of sulfonamides is 1. The summed E-state index contributed by atoms with van der Waals surface area (Å²) in [5, 5.41) is 22.7. The van der Waals surface area contributed by atoms with Gasteiger partial charge in [0.25, 0.3) is 0 Å². The van der Waals surface area contributed by atoms with Crippen molar-refractivity contribution >= 4 is 33.2 Å². The van der Waals surface area contributed by atoms with Crippen LogP contribution in [0.15, 0.2) is 59.8 Å². The summed E-state index contributed by atoms with van der Waals surface area (Å²) in [6, 6.07) is 11.5. The van der Waals surface area contributed by atoms with Crippen molar-refractivity contribution in [3.63, 3.8) is 0 Å². The number of primary sulfonamides is 1. The number of anilines is 1. The summed E-state index contributed by atoms with van der Waals surface area (Å²) in [5.41, 5.74) is 1.03. The summed E-state index contributed by atoms with van der Waals surface area (Å²) in [7, 11) is -4.08. The van der Waals surface area contributed by atoms with Gasteiger partial charge in [0, 0.05) is 34.6 Å². The molecular weight excluding hydrogens is 452 g/mol. The number of carbonyl (C=O) groups is 1. The average molecular weight is 477 g/mol. The van der Waals surface area contributed by atoms with Crippen LogP contribution in [0.25, 0.3) is 11.1 Å². The Labute approximate surface area is 192 Å². The molecule has 0 unspecified atom stereocenters. The van der Waals surface area contributed by atoms with Crippen molar-refractivity contribution in [3.05, 3.63) is 65.4 Å². The molecule has 3 aromatic rings. The highest BCUT2D eigenvalue weighted by molar-refractivity contribution is 7.89. The molecule has 170 valence electrons. The van der Waals surface area contributed by atoms with Crippen LogP contribution in [0.5, 0.6) is 0 Å². The standard InChI is InChI=1S/C22H25ClN4O4S/c1-22(2,29)9-10-27-14-16(13-25-27)18-8-7-17(12-20(18)32(24,30)31)26-21(28)11-15-5-3-4-6-19(15)23/h3-8,12-14,29H,9-11H2,1-2H3,(H,26,28)(H2,24,30,31). The van der Waals surface area contributed by atoms with Crippen molar-refractivity contribution in [2.45, 2.75) is 43.7 Å². The number of aliphatic hydroxyl groups is 1. The topological polar surface area (TPSA) is 127 Å². The number of aromatic nitrogens is 2.